The average Bonchev–Trinajstić information content (AvgIpc) is 2.73. The fourth-order valence-electron chi connectivity index (χ4n) is 1.99. The van der Waals surface area contributed by atoms with Gasteiger partial charge in [0.2, 0.25) is 11.6 Å². The Hall–Kier alpha value is -1.43. The van der Waals surface area contributed by atoms with Gasteiger partial charge in [0, 0.05) is 27.1 Å². The number of hydrogen-bond donors (Lipinski definition) is 0. The Morgan fingerprint density at radius 2 is 2.11 bits per heavy atom. The smallest absolute Gasteiger partial charge is 0.261 e. The van der Waals surface area contributed by atoms with Gasteiger partial charge in [-0.25, -0.2) is 14.4 Å². The summed E-state index contributed by atoms with van der Waals surface area (Å²) >= 11 is 5.69. The first-order valence-electron chi connectivity index (χ1n) is 5.55. The van der Waals surface area contributed by atoms with Gasteiger partial charge in [0.05, 0.1) is 24.0 Å². The quantitative estimate of drug-likeness (QED) is 0.810. The van der Waals surface area contributed by atoms with Gasteiger partial charge < -0.3 is 9.80 Å². The van der Waals surface area contributed by atoms with E-state index in [9.17, 15) is 9.18 Å². The normalized spacial score (nSPS) is 23.2. The van der Waals surface area contributed by atoms with Crippen LogP contribution in [0.15, 0.2) is 12.4 Å². The highest BCUT2D eigenvalue weighted by molar-refractivity contribution is 6.30. The van der Waals surface area contributed by atoms with Crippen LogP contribution < -0.4 is 4.90 Å². The molecule has 2 rings (SSSR count). The first-order chi connectivity index (χ1) is 8.42. The second-order valence-electron chi connectivity index (χ2n) is 4.54. The molecule has 1 saturated heterocycles. The molecule has 5 nitrogen and oxygen atoms in total. The van der Waals surface area contributed by atoms with Crippen LogP contribution in [0.4, 0.5) is 10.3 Å². The van der Waals surface area contributed by atoms with Crippen molar-refractivity contribution >= 4 is 23.5 Å². The van der Waals surface area contributed by atoms with Gasteiger partial charge in [0.1, 0.15) is 0 Å². The lowest BCUT2D eigenvalue weighted by Crippen LogP contribution is -2.44. The monoisotopic (exact) mass is 272 g/mol. The van der Waals surface area contributed by atoms with Gasteiger partial charge in [-0.2, -0.15) is 0 Å². The summed E-state index contributed by atoms with van der Waals surface area (Å²) in [5.74, 6) is -0.121. The Bertz CT molecular complexity index is 453. The summed E-state index contributed by atoms with van der Waals surface area (Å²) in [5.41, 5.74) is -1.85. The van der Waals surface area contributed by atoms with Crippen LogP contribution in [0.1, 0.15) is 6.42 Å². The molecule has 98 valence electrons. The maximum atomic E-state index is 14.5. The molecule has 1 unspecified atom stereocenters. The standard InChI is InChI=1S/C11H14ClFN4O/c1-16(2)9(18)11(13)3-4-17(7-11)10-14-5-8(12)6-15-10/h5-6H,3-4,7H2,1-2H3. The van der Waals surface area contributed by atoms with E-state index in [2.05, 4.69) is 9.97 Å². The molecule has 0 radical (unpaired) electrons. The van der Waals surface area contributed by atoms with Gasteiger partial charge in [-0.1, -0.05) is 11.6 Å². The van der Waals surface area contributed by atoms with E-state index >= 15 is 0 Å². The van der Waals surface area contributed by atoms with E-state index in [1.54, 1.807) is 19.0 Å². The molecule has 1 atom stereocenters. The van der Waals surface area contributed by atoms with E-state index in [0.29, 0.717) is 17.5 Å². The van der Waals surface area contributed by atoms with Crippen molar-refractivity contribution in [3.63, 3.8) is 0 Å². The van der Waals surface area contributed by atoms with Gasteiger partial charge in [0.25, 0.3) is 5.91 Å². The van der Waals surface area contributed by atoms with Crippen molar-refractivity contribution < 1.29 is 9.18 Å². The number of aromatic nitrogens is 2. The third-order valence-corrected chi connectivity index (χ3v) is 3.09. The minimum atomic E-state index is -1.85. The van der Waals surface area contributed by atoms with Crippen LogP contribution in [-0.2, 0) is 4.79 Å². The van der Waals surface area contributed by atoms with Crippen molar-refractivity contribution in [1.82, 2.24) is 14.9 Å². The van der Waals surface area contributed by atoms with Crippen molar-refractivity contribution in [2.45, 2.75) is 12.1 Å². The zero-order chi connectivity index (χ0) is 13.3. The molecule has 0 N–H and O–H groups in total. The zero-order valence-electron chi connectivity index (χ0n) is 10.2. The fraction of sp³-hybridized carbons (Fsp3) is 0.545. The molecule has 0 bridgehead atoms. The summed E-state index contributed by atoms with van der Waals surface area (Å²) in [6, 6.07) is 0. The second-order valence-corrected chi connectivity index (χ2v) is 4.97. The Morgan fingerprint density at radius 1 is 1.50 bits per heavy atom. The molecule has 1 aliphatic heterocycles. The van der Waals surface area contributed by atoms with Gasteiger partial charge in [-0.15, -0.1) is 0 Å². The minimum Gasteiger partial charge on any atom is -0.346 e. The van der Waals surface area contributed by atoms with Gasteiger partial charge in [0.15, 0.2) is 0 Å². The summed E-state index contributed by atoms with van der Waals surface area (Å²) < 4.78 is 14.5. The van der Waals surface area contributed by atoms with E-state index in [1.807, 2.05) is 0 Å². The molecule has 7 heteroatoms. The van der Waals surface area contributed by atoms with Crippen LogP contribution in [-0.4, -0.2) is 53.6 Å². The Morgan fingerprint density at radius 3 is 2.67 bits per heavy atom. The third-order valence-electron chi connectivity index (χ3n) is 2.90. The lowest BCUT2D eigenvalue weighted by Gasteiger charge is -2.23. The number of amides is 1. The molecule has 0 saturated carbocycles. The second kappa shape index (κ2) is 4.68. The predicted octanol–water partition coefficient (Wildman–Crippen LogP) is 1.14. The van der Waals surface area contributed by atoms with Crippen molar-refractivity contribution in [1.29, 1.82) is 0 Å². The largest absolute Gasteiger partial charge is 0.346 e. The third kappa shape index (κ3) is 2.38. The van der Waals surface area contributed by atoms with Crippen molar-refractivity contribution in [3.8, 4) is 0 Å². The van der Waals surface area contributed by atoms with Crippen LogP contribution in [0, 0.1) is 0 Å². The number of carbonyl (C=O) groups is 1. The molecule has 1 aliphatic rings. The topological polar surface area (TPSA) is 49.3 Å². The summed E-state index contributed by atoms with van der Waals surface area (Å²) in [7, 11) is 3.09. The fourth-order valence-corrected chi connectivity index (χ4v) is 2.09. The van der Waals surface area contributed by atoms with Crippen LogP contribution in [0.25, 0.3) is 0 Å². The minimum absolute atomic E-state index is 0.0222. The summed E-state index contributed by atoms with van der Waals surface area (Å²) in [5, 5.41) is 0.425. The molecular formula is C11H14ClFN4O. The van der Waals surface area contributed by atoms with Crippen LogP contribution >= 0.6 is 11.6 Å². The van der Waals surface area contributed by atoms with E-state index in [1.165, 1.54) is 17.3 Å². The van der Waals surface area contributed by atoms with Gasteiger partial charge >= 0.3 is 0 Å². The molecule has 1 aromatic heterocycles. The molecule has 2 heterocycles. The molecule has 1 fully saturated rings. The van der Waals surface area contributed by atoms with Crippen molar-refractivity contribution in [2.24, 2.45) is 0 Å². The average molecular weight is 273 g/mol. The van der Waals surface area contributed by atoms with Crippen molar-refractivity contribution in [3.05, 3.63) is 17.4 Å². The lowest BCUT2D eigenvalue weighted by atomic mass is 10.0. The number of carbonyl (C=O) groups excluding carboxylic acids is 1. The van der Waals surface area contributed by atoms with E-state index in [-0.39, 0.29) is 13.0 Å². The number of nitrogens with zero attached hydrogens (tertiary/aromatic N) is 4. The number of hydrogen-bond acceptors (Lipinski definition) is 4. The van der Waals surface area contributed by atoms with Crippen LogP contribution in [0.5, 0.6) is 0 Å². The van der Waals surface area contributed by atoms with Gasteiger partial charge in [-0.3, -0.25) is 4.79 Å². The molecule has 18 heavy (non-hydrogen) atoms. The highest BCUT2D eigenvalue weighted by Crippen LogP contribution is 2.29. The lowest BCUT2D eigenvalue weighted by molar-refractivity contribution is -0.139. The predicted molar refractivity (Wildman–Crippen MR) is 66.4 cm³/mol. The molecule has 0 aliphatic carbocycles. The van der Waals surface area contributed by atoms with Gasteiger partial charge in [-0.05, 0) is 0 Å². The summed E-state index contributed by atoms with van der Waals surface area (Å²) in [6.07, 6.45) is 3.06. The summed E-state index contributed by atoms with van der Waals surface area (Å²) in [6.45, 7) is 0.392. The van der Waals surface area contributed by atoms with E-state index < -0.39 is 11.6 Å². The first kappa shape index (κ1) is 13.0. The maximum absolute atomic E-state index is 14.5. The molecular weight excluding hydrogens is 259 g/mol. The summed E-state index contributed by atoms with van der Waals surface area (Å²) in [4.78, 5) is 22.7. The SMILES string of the molecule is CN(C)C(=O)C1(F)CCN(c2ncc(Cl)cn2)C1. The number of anilines is 1. The maximum Gasteiger partial charge on any atom is 0.261 e. The number of rotatable bonds is 2. The first-order valence-corrected chi connectivity index (χ1v) is 5.93. The molecule has 0 aromatic carbocycles. The Balaban J connectivity index is 2.13. The Labute approximate surface area is 110 Å². The molecule has 1 aromatic rings. The number of halogens is 2. The van der Waals surface area contributed by atoms with E-state index in [4.69, 9.17) is 11.6 Å². The van der Waals surface area contributed by atoms with E-state index in [0.717, 1.165) is 0 Å². The van der Waals surface area contributed by atoms with Crippen molar-refractivity contribution in [2.75, 3.05) is 32.1 Å². The highest BCUT2D eigenvalue weighted by atomic mass is 35.5. The zero-order valence-corrected chi connectivity index (χ0v) is 11.0. The Kier molecular flexibility index (Phi) is 3.38. The molecule has 1 amide bonds. The van der Waals surface area contributed by atoms with Crippen LogP contribution in [0.2, 0.25) is 5.02 Å². The number of alkyl halides is 1. The van der Waals surface area contributed by atoms with Crippen LogP contribution in [0.3, 0.4) is 0 Å². The molecule has 0 spiro atoms. The highest BCUT2D eigenvalue weighted by Gasteiger charge is 2.46.